The summed E-state index contributed by atoms with van der Waals surface area (Å²) in [7, 11) is 0. The molecule has 4 aromatic heterocycles. The van der Waals surface area contributed by atoms with E-state index in [0.717, 1.165) is 71.7 Å². The molecular formula is C59H36N6O2. The number of fused-ring (bicyclic) bond motifs is 9. The van der Waals surface area contributed by atoms with Crippen molar-refractivity contribution in [3.63, 3.8) is 0 Å². The Labute approximate surface area is 382 Å². The summed E-state index contributed by atoms with van der Waals surface area (Å²) in [5, 5.41) is 6.19. The van der Waals surface area contributed by atoms with Crippen LogP contribution in [0.2, 0.25) is 0 Å². The van der Waals surface area contributed by atoms with E-state index in [4.69, 9.17) is 15.0 Å². The molecule has 0 aliphatic carbocycles. The average molecular weight is 861 g/mol. The summed E-state index contributed by atoms with van der Waals surface area (Å²) in [6, 6.07) is 72.3. The minimum absolute atomic E-state index is 0.381. The van der Waals surface area contributed by atoms with E-state index >= 15 is 9.59 Å². The van der Waals surface area contributed by atoms with E-state index in [0.29, 0.717) is 44.7 Å². The van der Waals surface area contributed by atoms with Crippen molar-refractivity contribution in [1.29, 1.82) is 0 Å². The summed E-state index contributed by atoms with van der Waals surface area (Å²) in [5.41, 5.74) is 8.07. The predicted molar refractivity (Wildman–Crippen MR) is 272 cm³/mol. The average Bonchev–Trinajstić information content (AvgIpc) is 3.88. The molecule has 0 saturated carbocycles. The first kappa shape index (κ1) is 38.2. The molecule has 0 unspecified atom stereocenters. The molecule has 0 fully saturated rings. The van der Waals surface area contributed by atoms with Crippen LogP contribution in [0.1, 0.15) is 0 Å². The van der Waals surface area contributed by atoms with Crippen LogP contribution in [0.4, 0.5) is 0 Å². The number of para-hydroxylation sites is 4. The molecule has 9 aromatic carbocycles. The highest BCUT2D eigenvalue weighted by atomic mass is 16.2. The number of nitrogens with zero attached hydrogens (tertiary/aromatic N) is 6. The fraction of sp³-hybridized carbons (Fsp3) is 0. The van der Waals surface area contributed by atoms with Crippen molar-refractivity contribution in [2.45, 2.75) is 0 Å². The molecule has 0 N–H and O–H groups in total. The summed E-state index contributed by atoms with van der Waals surface area (Å²) >= 11 is 0. The Morgan fingerprint density at radius 2 is 0.597 bits per heavy atom. The Hall–Kier alpha value is -9.27. The zero-order chi connectivity index (χ0) is 44.6. The van der Waals surface area contributed by atoms with Crippen LogP contribution in [0.25, 0.3) is 116 Å². The topological polar surface area (TPSA) is 87.6 Å². The second kappa shape index (κ2) is 15.2. The Kier molecular flexibility index (Phi) is 8.66. The van der Waals surface area contributed by atoms with Gasteiger partial charge in [0.25, 0.3) is 11.1 Å². The lowest BCUT2D eigenvalue weighted by Gasteiger charge is -2.11. The first-order valence-corrected chi connectivity index (χ1v) is 22.2. The summed E-state index contributed by atoms with van der Waals surface area (Å²) in [6.45, 7) is 0. The monoisotopic (exact) mass is 860 g/mol. The van der Waals surface area contributed by atoms with Crippen LogP contribution >= 0.6 is 0 Å². The molecule has 0 radical (unpaired) electrons. The molecule has 0 spiro atoms. The van der Waals surface area contributed by atoms with Crippen molar-refractivity contribution in [3.8, 4) is 51.2 Å². The van der Waals surface area contributed by atoms with Gasteiger partial charge in [0.15, 0.2) is 17.5 Å². The lowest BCUT2D eigenvalue weighted by Crippen LogP contribution is -2.28. The Morgan fingerprint density at radius 3 is 1.09 bits per heavy atom. The fourth-order valence-corrected chi connectivity index (χ4v) is 9.81. The minimum Gasteiger partial charge on any atom is -0.309 e. The standard InChI is InChI=1S/C59H36N6O2/c66-58-49-34-48-44-26-14-16-28-52(44)64(42-31-29-39(30-32-42)57-61-55(37-17-5-1-6-18-37)60-56(62-57)38-19-7-2-8-20-38)53(48)35-46(49)45-33-47-43-25-13-15-27-51(43)63(40-21-9-3-10-22-40)54(47)36-50(45)59(67)65(58)41-23-11-4-12-24-41/h1-36H. The van der Waals surface area contributed by atoms with Gasteiger partial charge in [0, 0.05) is 55.0 Å². The van der Waals surface area contributed by atoms with Gasteiger partial charge >= 0.3 is 0 Å². The largest absolute Gasteiger partial charge is 0.309 e. The molecule has 13 aromatic rings. The summed E-state index contributed by atoms with van der Waals surface area (Å²) < 4.78 is 5.77. The number of hydrogen-bond donors (Lipinski definition) is 0. The van der Waals surface area contributed by atoms with Gasteiger partial charge in [-0.05, 0) is 95.7 Å². The third-order valence-electron chi connectivity index (χ3n) is 12.9. The Balaban J connectivity index is 1.08. The molecule has 0 saturated heterocycles. The SMILES string of the molecule is O=c1c2cc3c(cc2c2cc4c(cc2c(=O)n1-c1ccccc1)c1ccccc1n4-c1ccc(-c2nc(-c4ccccc4)nc(-c4ccccc4)n2)cc1)c1ccccc1n3-c1ccccc1. The van der Waals surface area contributed by atoms with Crippen LogP contribution in [-0.4, -0.2) is 28.7 Å². The molecule has 4 heterocycles. The van der Waals surface area contributed by atoms with Crippen molar-refractivity contribution < 1.29 is 0 Å². The van der Waals surface area contributed by atoms with E-state index in [1.165, 1.54) is 4.57 Å². The molecule has 0 aliphatic heterocycles. The van der Waals surface area contributed by atoms with E-state index in [-0.39, 0.29) is 11.1 Å². The van der Waals surface area contributed by atoms with E-state index < -0.39 is 0 Å². The van der Waals surface area contributed by atoms with Gasteiger partial charge in [-0.1, -0.05) is 133 Å². The van der Waals surface area contributed by atoms with Gasteiger partial charge in [0.05, 0.1) is 33.1 Å². The number of aromatic nitrogens is 6. The molecule has 8 nitrogen and oxygen atoms in total. The first-order chi connectivity index (χ1) is 33.1. The zero-order valence-electron chi connectivity index (χ0n) is 35.8. The summed E-state index contributed by atoms with van der Waals surface area (Å²) in [6.07, 6.45) is 0. The number of rotatable bonds is 6. The third-order valence-corrected chi connectivity index (χ3v) is 12.9. The van der Waals surface area contributed by atoms with Crippen LogP contribution in [-0.2, 0) is 0 Å². The highest BCUT2D eigenvalue weighted by molar-refractivity contribution is 6.21. The van der Waals surface area contributed by atoms with Crippen molar-refractivity contribution in [2.75, 3.05) is 0 Å². The van der Waals surface area contributed by atoms with Crippen molar-refractivity contribution >= 4 is 65.2 Å². The number of hydrogen-bond acceptors (Lipinski definition) is 5. The van der Waals surface area contributed by atoms with Crippen LogP contribution < -0.4 is 11.1 Å². The third kappa shape index (κ3) is 6.11. The Morgan fingerprint density at radius 1 is 0.254 bits per heavy atom. The lowest BCUT2D eigenvalue weighted by molar-refractivity contribution is 0.976. The van der Waals surface area contributed by atoms with Crippen LogP contribution in [0.5, 0.6) is 0 Å². The summed E-state index contributed by atoms with van der Waals surface area (Å²) in [4.78, 5) is 45.2. The van der Waals surface area contributed by atoms with Gasteiger partial charge in [-0.2, -0.15) is 0 Å². The van der Waals surface area contributed by atoms with Crippen LogP contribution in [0.15, 0.2) is 228 Å². The zero-order valence-corrected chi connectivity index (χ0v) is 35.8. The van der Waals surface area contributed by atoms with E-state index in [9.17, 15) is 0 Å². The van der Waals surface area contributed by atoms with E-state index in [1.54, 1.807) is 0 Å². The molecule has 13 rings (SSSR count). The molecule has 0 bridgehead atoms. The number of benzene rings is 9. The molecule has 8 heteroatoms. The van der Waals surface area contributed by atoms with Gasteiger partial charge in [-0.15, -0.1) is 0 Å². The maximum absolute atomic E-state index is 15.2. The van der Waals surface area contributed by atoms with Gasteiger partial charge in [-0.25, -0.2) is 19.5 Å². The second-order valence-corrected chi connectivity index (χ2v) is 16.7. The Bertz CT molecular complexity index is 4170. The van der Waals surface area contributed by atoms with E-state index in [1.807, 2.05) is 158 Å². The lowest BCUT2D eigenvalue weighted by atomic mass is 10.0. The van der Waals surface area contributed by atoms with Crippen molar-refractivity contribution in [2.24, 2.45) is 0 Å². The second-order valence-electron chi connectivity index (χ2n) is 16.7. The molecule has 0 aliphatic rings. The molecule has 0 amide bonds. The molecular weight excluding hydrogens is 825 g/mol. The maximum Gasteiger partial charge on any atom is 0.266 e. The van der Waals surface area contributed by atoms with Gasteiger partial charge in [0.2, 0.25) is 0 Å². The highest BCUT2D eigenvalue weighted by Gasteiger charge is 2.21. The summed E-state index contributed by atoms with van der Waals surface area (Å²) in [5.74, 6) is 1.75. The molecule has 67 heavy (non-hydrogen) atoms. The van der Waals surface area contributed by atoms with Crippen LogP contribution in [0.3, 0.4) is 0 Å². The maximum atomic E-state index is 15.2. The normalized spacial score (nSPS) is 11.7. The quantitative estimate of drug-likeness (QED) is 0.166. The minimum atomic E-state index is -0.383. The molecule has 0 atom stereocenters. The van der Waals surface area contributed by atoms with Crippen LogP contribution in [0, 0.1) is 0 Å². The molecule has 314 valence electrons. The predicted octanol–water partition coefficient (Wildman–Crippen LogP) is 12.9. The van der Waals surface area contributed by atoms with Crippen molar-refractivity contribution in [3.05, 3.63) is 239 Å². The van der Waals surface area contributed by atoms with Crippen molar-refractivity contribution in [1.82, 2.24) is 28.7 Å². The smallest absolute Gasteiger partial charge is 0.266 e. The highest BCUT2D eigenvalue weighted by Crippen LogP contribution is 2.39. The van der Waals surface area contributed by atoms with Gasteiger partial charge in [0.1, 0.15) is 0 Å². The van der Waals surface area contributed by atoms with Gasteiger partial charge in [-0.3, -0.25) is 9.59 Å². The van der Waals surface area contributed by atoms with Gasteiger partial charge < -0.3 is 9.13 Å². The first-order valence-electron chi connectivity index (χ1n) is 22.2. The van der Waals surface area contributed by atoms with E-state index in [2.05, 4.69) is 69.8 Å². The fourth-order valence-electron chi connectivity index (χ4n) is 9.81.